The van der Waals surface area contributed by atoms with Crippen LogP contribution in [0.25, 0.3) is 0 Å². The van der Waals surface area contributed by atoms with E-state index in [1.54, 1.807) is 11.8 Å². The van der Waals surface area contributed by atoms with Gasteiger partial charge in [-0.05, 0) is 43.4 Å². The third-order valence-electron chi connectivity index (χ3n) is 4.80. The summed E-state index contributed by atoms with van der Waals surface area (Å²) in [7, 11) is 0. The standard InChI is InChI=1S/C19H26N2O2S/c22-18(14-24-17-5-1-2-6-17)20-16-9-7-15(8-10-16)13-19(23)21-11-3-4-12-21/h7-10,17H,1-6,11-14H2,(H,20,22). The second kappa shape index (κ2) is 8.56. The summed E-state index contributed by atoms with van der Waals surface area (Å²) < 4.78 is 0. The van der Waals surface area contributed by atoms with Crippen LogP contribution in [0.4, 0.5) is 5.69 Å². The Balaban J connectivity index is 1.43. The Bertz CT molecular complexity index is 561. The molecule has 5 heteroatoms. The fraction of sp³-hybridized carbons (Fsp3) is 0.579. The molecule has 1 heterocycles. The fourth-order valence-electron chi connectivity index (χ4n) is 3.40. The molecule has 1 saturated carbocycles. The lowest BCUT2D eigenvalue weighted by Crippen LogP contribution is -2.29. The maximum absolute atomic E-state index is 12.1. The molecule has 1 saturated heterocycles. The zero-order valence-electron chi connectivity index (χ0n) is 14.1. The number of benzene rings is 1. The van der Waals surface area contributed by atoms with Gasteiger partial charge in [-0.15, -0.1) is 11.8 Å². The van der Waals surface area contributed by atoms with Gasteiger partial charge in [-0.1, -0.05) is 25.0 Å². The first-order chi connectivity index (χ1) is 11.7. The minimum Gasteiger partial charge on any atom is -0.342 e. The molecule has 1 aliphatic carbocycles. The van der Waals surface area contributed by atoms with E-state index in [0.717, 1.165) is 37.2 Å². The fourth-order valence-corrected chi connectivity index (χ4v) is 4.53. The summed E-state index contributed by atoms with van der Waals surface area (Å²) in [6, 6.07) is 7.66. The number of carbonyl (C=O) groups is 2. The topological polar surface area (TPSA) is 49.4 Å². The largest absolute Gasteiger partial charge is 0.342 e. The molecule has 24 heavy (non-hydrogen) atoms. The Labute approximate surface area is 148 Å². The Hall–Kier alpha value is -1.49. The van der Waals surface area contributed by atoms with Crippen molar-refractivity contribution in [3.05, 3.63) is 29.8 Å². The van der Waals surface area contributed by atoms with Gasteiger partial charge in [-0.3, -0.25) is 9.59 Å². The lowest BCUT2D eigenvalue weighted by atomic mass is 10.1. The predicted molar refractivity (Wildman–Crippen MR) is 99.3 cm³/mol. The Morgan fingerprint density at radius 3 is 2.38 bits per heavy atom. The van der Waals surface area contributed by atoms with E-state index in [1.165, 1.54) is 25.7 Å². The molecule has 0 spiro atoms. The second-order valence-electron chi connectivity index (χ2n) is 6.73. The van der Waals surface area contributed by atoms with Crippen LogP contribution in [0.3, 0.4) is 0 Å². The van der Waals surface area contributed by atoms with Crippen LogP contribution in [0, 0.1) is 0 Å². The van der Waals surface area contributed by atoms with Crippen molar-refractivity contribution in [3.8, 4) is 0 Å². The van der Waals surface area contributed by atoms with E-state index < -0.39 is 0 Å². The van der Waals surface area contributed by atoms with Crippen molar-refractivity contribution in [1.29, 1.82) is 0 Å². The SMILES string of the molecule is O=C(CSC1CCCC1)Nc1ccc(CC(=O)N2CCCC2)cc1. The van der Waals surface area contributed by atoms with Gasteiger partial charge in [0.1, 0.15) is 0 Å². The van der Waals surface area contributed by atoms with Crippen molar-refractivity contribution in [2.45, 2.75) is 50.2 Å². The van der Waals surface area contributed by atoms with Crippen LogP contribution in [0.1, 0.15) is 44.1 Å². The van der Waals surface area contributed by atoms with E-state index in [2.05, 4.69) is 5.32 Å². The van der Waals surface area contributed by atoms with Gasteiger partial charge < -0.3 is 10.2 Å². The maximum atomic E-state index is 12.1. The van der Waals surface area contributed by atoms with Crippen LogP contribution in [-0.2, 0) is 16.0 Å². The van der Waals surface area contributed by atoms with Crippen LogP contribution in [-0.4, -0.2) is 40.8 Å². The molecule has 0 aromatic heterocycles. The van der Waals surface area contributed by atoms with Crippen molar-refractivity contribution in [2.75, 3.05) is 24.2 Å². The van der Waals surface area contributed by atoms with E-state index in [9.17, 15) is 9.59 Å². The number of nitrogens with one attached hydrogen (secondary N) is 1. The number of likely N-dealkylation sites (tertiary alicyclic amines) is 1. The number of amides is 2. The maximum Gasteiger partial charge on any atom is 0.234 e. The van der Waals surface area contributed by atoms with Crippen molar-refractivity contribution >= 4 is 29.3 Å². The first-order valence-electron chi connectivity index (χ1n) is 8.99. The average molecular weight is 346 g/mol. The van der Waals surface area contributed by atoms with Gasteiger partial charge in [0.2, 0.25) is 11.8 Å². The van der Waals surface area contributed by atoms with Crippen molar-refractivity contribution in [1.82, 2.24) is 4.90 Å². The molecular weight excluding hydrogens is 320 g/mol. The van der Waals surface area contributed by atoms with E-state index in [1.807, 2.05) is 29.2 Å². The zero-order chi connectivity index (χ0) is 16.8. The van der Waals surface area contributed by atoms with Gasteiger partial charge in [0.15, 0.2) is 0 Å². The highest BCUT2D eigenvalue weighted by molar-refractivity contribution is 8.00. The molecule has 2 aliphatic rings. The minimum absolute atomic E-state index is 0.0628. The summed E-state index contributed by atoms with van der Waals surface area (Å²) >= 11 is 1.77. The van der Waals surface area contributed by atoms with E-state index >= 15 is 0 Å². The first-order valence-corrected chi connectivity index (χ1v) is 10.0. The normalized spacial score (nSPS) is 18.1. The zero-order valence-corrected chi connectivity index (χ0v) is 14.9. The molecule has 1 aromatic rings. The number of hydrogen-bond donors (Lipinski definition) is 1. The van der Waals surface area contributed by atoms with Crippen LogP contribution in [0.2, 0.25) is 0 Å². The van der Waals surface area contributed by atoms with Crippen molar-refractivity contribution < 1.29 is 9.59 Å². The van der Waals surface area contributed by atoms with Gasteiger partial charge in [-0.2, -0.15) is 0 Å². The monoisotopic (exact) mass is 346 g/mol. The van der Waals surface area contributed by atoms with Crippen LogP contribution < -0.4 is 5.32 Å². The Morgan fingerprint density at radius 1 is 1.04 bits per heavy atom. The smallest absolute Gasteiger partial charge is 0.234 e. The third kappa shape index (κ3) is 5.00. The second-order valence-corrected chi connectivity index (χ2v) is 8.02. The lowest BCUT2D eigenvalue weighted by molar-refractivity contribution is -0.129. The summed E-state index contributed by atoms with van der Waals surface area (Å²) in [4.78, 5) is 26.1. The molecule has 2 amide bonds. The summed E-state index contributed by atoms with van der Waals surface area (Å²) in [5.74, 6) is 0.796. The van der Waals surface area contributed by atoms with E-state index in [0.29, 0.717) is 17.4 Å². The third-order valence-corrected chi connectivity index (χ3v) is 6.18. The lowest BCUT2D eigenvalue weighted by Gasteiger charge is -2.15. The number of anilines is 1. The molecule has 1 N–H and O–H groups in total. The molecule has 4 nitrogen and oxygen atoms in total. The molecule has 2 fully saturated rings. The average Bonchev–Trinajstić information content (AvgIpc) is 3.28. The predicted octanol–water partition coefficient (Wildman–Crippen LogP) is 3.47. The van der Waals surface area contributed by atoms with Crippen LogP contribution >= 0.6 is 11.8 Å². The molecule has 130 valence electrons. The molecule has 1 aromatic carbocycles. The highest BCUT2D eigenvalue weighted by Crippen LogP contribution is 2.29. The summed E-state index contributed by atoms with van der Waals surface area (Å²) in [6.07, 6.45) is 7.79. The van der Waals surface area contributed by atoms with Crippen LogP contribution in [0.5, 0.6) is 0 Å². The van der Waals surface area contributed by atoms with Crippen LogP contribution in [0.15, 0.2) is 24.3 Å². The number of rotatable bonds is 6. The van der Waals surface area contributed by atoms with Crippen molar-refractivity contribution in [3.63, 3.8) is 0 Å². The van der Waals surface area contributed by atoms with Gasteiger partial charge in [-0.25, -0.2) is 0 Å². The van der Waals surface area contributed by atoms with Gasteiger partial charge in [0.05, 0.1) is 12.2 Å². The van der Waals surface area contributed by atoms with E-state index in [4.69, 9.17) is 0 Å². The van der Waals surface area contributed by atoms with Gasteiger partial charge >= 0.3 is 0 Å². The molecule has 0 bridgehead atoms. The highest BCUT2D eigenvalue weighted by atomic mass is 32.2. The Morgan fingerprint density at radius 2 is 1.71 bits per heavy atom. The van der Waals surface area contributed by atoms with E-state index in [-0.39, 0.29) is 11.8 Å². The molecule has 3 rings (SSSR count). The number of carbonyl (C=O) groups excluding carboxylic acids is 2. The number of thioether (sulfide) groups is 1. The van der Waals surface area contributed by atoms with Gasteiger partial charge in [0.25, 0.3) is 0 Å². The van der Waals surface area contributed by atoms with Gasteiger partial charge in [0, 0.05) is 24.0 Å². The summed E-state index contributed by atoms with van der Waals surface area (Å²) in [6.45, 7) is 1.79. The van der Waals surface area contributed by atoms with Crippen molar-refractivity contribution in [2.24, 2.45) is 0 Å². The number of hydrogen-bond acceptors (Lipinski definition) is 3. The summed E-state index contributed by atoms with van der Waals surface area (Å²) in [5, 5.41) is 3.61. The quantitative estimate of drug-likeness (QED) is 0.858. The highest BCUT2D eigenvalue weighted by Gasteiger charge is 2.18. The minimum atomic E-state index is 0.0628. The summed E-state index contributed by atoms with van der Waals surface area (Å²) in [5.41, 5.74) is 1.81. The molecule has 1 aliphatic heterocycles. The molecule has 0 atom stereocenters. The molecule has 0 unspecified atom stereocenters. The molecule has 0 radical (unpaired) electrons. The number of nitrogens with zero attached hydrogens (tertiary/aromatic N) is 1. The first kappa shape index (κ1) is 17.3. The molecular formula is C19H26N2O2S. The Kier molecular flexibility index (Phi) is 6.18.